The molecule has 2 fully saturated rings. The van der Waals surface area contributed by atoms with Crippen LogP contribution in [0.4, 0.5) is 4.79 Å². The van der Waals surface area contributed by atoms with Crippen molar-refractivity contribution in [2.75, 3.05) is 13.2 Å². The van der Waals surface area contributed by atoms with Gasteiger partial charge in [-0.2, -0.15) is 0 Å². The molecule has 2 heterocycles. The molecule has 1 aromatic carbocycles. The van der Waals surface area contributed by atoms with Crippen LogP contribution in [0.1, 0.15) is 44.3 Å². The molecule has 0 aromatic heterocycles. The minimum Gasteiger partial charge on any atom is -0.477 e. The quantitative estimate of drug-likeness (QED) is 0.459. The third kappa shape index (κ3) is 5.47. The predicted molar refractivity (Wildman–Crippen MR) is 124 cm³/mol. The molecule has 4 rings (SSSR count). The highest BCUT2D eigenvalue weighted by Crippen LogP contribution is 2.38. The first-order chi connectivity index (χ1) is 16.6. The molecule has 0 radical (unpaired) electrons. The van der Waals surface area contributed by atoms with Crippen molar-refractivity contribution in [2.24, 2.45) is 0 Å². The Bertz CT molecular complexity index is 1140. The summed E-state index contributed by atoms with van der Waals surface area (Å²) in [4.78, 5) is 37.7. The third-order valence-corrected chi connectivity index (χ3v) is 9.36. The van der Waals surface area contributed by atoms with Gasteiger partial charge in [-0.05, 0) is 50.3 Å². The van der Waals surface area contributed by atoms with Gasteiger partial charge >= 0.3 is 12.1 Å². The molecule has 2 atom stereocenters. The summed E-state index contributed by atoms with van der Waals surface area (Å²) in [6, 6.07) is 5.92. The summed E-state index contributed by atoms with van der Waals surface area (Å²) in [5, 5.41) is 21.2. The number of aliphatic carboxylic acids is 1. The number of sulfone groups is 1. The van der Waals surface area contributed by atoms with Gasteiger partial charge in [-0.1, -0.05) is 23.9 Å². The van der Waals surface area contributed by atoms with Crippen LogP contribution >= 0.6 is 11.8 Å². The average molecular weight is 527 g/mol. The van der Waals surface area contributed by atoms with Crippen LogP contribution in [0.2, 0.25) is 0 Å². The van der Waals surface area contributed by atoms with Crippen LogP contribution < -0.4 is 5.32 Å². The third-order valence-electron chi connectivity index (χ3n) is 5.98. The van der Waals surface area contributed by atoms with Gasteiger partial charge in [-0.3, -0.25) is 4.79 Å². The highest BCUT2D eigenvalue weighted by Gasteiger charge is 2.41. The van der Waals surface area contributed by atoms with Gasteiger partial charge in [0.25, 0.3) is 5.91 Å². The van der Waals surface area contributed by atoms with Crippen LogP contribution in [0.5, 0.6) is 0 Å². The van der Waals surface area contributed by atoms with Crippen molar-refractivity contribution >= 4 is 39.6 Å². The Morgan fingerprint density at radius 1 is 1.11 bits per heavy atom. The second-order valence-electron chi connectivity index (χ2n) is 8.48. The number of nitrogens with zero attached hydrogens (tertiary/aromatic N) is 1. The maximum Gasteiger partial charge on any atom is 0.414 e. The molecule has 11 nitrogen and oxygen atoms in total. The summed E-state index contributed by atoms with van der Waals surface area (Å²) in [7, 11) is -3.41. The van der Waals surface area contributed by atoms with Crippen LogP contribution in [0.15, 0.2) is 39.8 Å². The topological polar surface area (TPSA) is 160 Å². The van der Waals surface area contributed by atoms with E-state index in [1.807, 2.05) is 0 Å². The first-order valence-corrected chi connectivity index (χ1v) is 13.5. The molecule has 2 amide bonds. The SMILES string of the molecule is CC1=C(C(=O)O)N(C(=O)O)C(NC(=O)C(OC2CCOCC2)c2ccc(S(=O)(=O)C3CC3)cc2)S1. The number of benzene rings is 1. The molecule has 0 spiro atoms. The van der Waals surface area contributed by atoms with Gasteiger partial charge in [0.1, 0.15) is 5.70 Å². The van der Waals surface area contributed by atoms with Crippen molar-refractivity contribution in [2.45, 2.75) is 60.5 Å². The number of carboxylic acids is 1. The molecule has 190 valence electrons. The van der Waals surface area contributed by atoms with E-state index in [9.17, 15) is 33.0 Å². The van der Waals surface area contributed by atoms with Gasteiger partial charge in [0.05, 0.1) is 16.2 Å². The highest BCUT2D eigenvalue weighted by molar-refractivity contribution is 8.03. The van der Waals surface area contributed by atoms with E-state index in [4.69, 9.17) is 9.47 Å². The number of carbonyl (C=O) groups is 3. The normalized spacial score (nSPS) is 22.2. The standard InChI is InChI=1S/C22H26N2O9S2/c1-12-17(20(26)27)24(22(28)29)21(34-12)23-19(25)18(33-14-8-10-32-11-9-14)13-2-4-15(5-3-13)35(30,31)16-6-7-16/h2-5,14,16,18,21H,6-11H2,1H3,(H,23,25)(H,26,27)(H,28,29). The zero-order valence-electron chi connectivity index (χ0n) is 18.9. The van der Waals surface area contributed by atoms with Crippen LogP contribution in [0, 0.1) is 0 Å². The van der Waals surface area contributed by atoms with E-state index in [2.05, 4.69) is 5.32 Å². The van der Waals surface area contributed by atoms with Crippen LogP contribution in [0.3, 0.4) is 0 Å². The van der Waals surface area contributed by atoms with Gasteiger partial charge < -0.3 is 25.0 Å². The maximum atomic E-state index is 13.3. The molecule has 13 heteroatoms. The van der Waals surface area contributed by atoms with Gasteiger partial charge in [0.2, 0.25) is 0 Å². The Morgan fingerprint density at radius 2 is 1.74 bits per heavy atom. The summed E-state index contributed by atoms with van der Waals surface area (Å²) >= 11 is 0.898. The smallest absolute Gasteiger partial charge is 0.414 e. The fourth-order valence-corrected chi connectivity index (χ4v) is 6.77. The number of hydrogen-bond donors (Lipinski definition) is 3. The zero-order chi connectivity index (χ0) is 25.3. The molecule has 2 aliphatic heterocycles. The molecule has 1 aliphatic carbocycles. The number of ether oxygens (including phenoxy) is 2. The van der Waals surface area contributed by atoms with E-state index in [0.29, 0.717) is 49.4 Å². The van der Waals surface area contributed by atoms with Crippen molar-refractivity contribution in [3.63, 3.8) is 0 Å². The lowest BCUT2D eigenvalue weighted by Gasteiger charge is -2.29. The Morgan fingerprint density at radius 3 is 2.29 bits per heavy atom. The van der Waals surface area contributed by atoms with E-state index in [1.54, 1.807) is 0 Å². The number of carbonyl (C=O) groups excluding carboxylic acids is 1. The van der Waals surface area contributed by atoms with Crippen molar-refractivity contribution in [1.82, 2.24) is 10.2 Å². The molecule has 1 saturated carbocycles. The Balaban J connectivity index is 1.57. The first kappa shape index (κ1) is 25.5. The second kappa shape index (κ2) is 10.2. The molecular formula is C22H26N2O9S2. The summed E-state index contributed by atoms with van der Waals surface area (Å²) in [6.07, 6.45) is -0.604. The number of nitrogens with one attached hydrogen (secondary N) is 1. The Hall–Kier alpha value is -2.61. The summed E-state index contributed by atoms with van der Waals surface area (Å²) in [6.45, 7) is 2.40. The van der Waals surface area contributed by atoms with Crippen molar-refractivity contribution in [1.29, 1.82) is 0 Å². The fourth-order valence-electron chi connectivity index (χ4n) is 4.00. The van der Waals surface area contributed by atoms with E-state index in [0.717, 1.165) is 11.8 Å². The van der Waals surface area contributed by atoms with E-state index < -0.39 is 45.1 Å². The highest BCUT2D eigenvalue weighted by atomic mass is 32.2. The summed E-state index contributed by atoms with van der Waals surface area (Å²) in [5.41, 5.74) is -1.22. The van der Waals surface area contributed by atoms with Crippen LogP contribution in [-0.2, 0) is 28.9 Å². The molecule has 3 N–H and O–H groups in total. The summed E-state index contributed by atoms with van der Waals surface area (Å²) < 4.78 is 36.5. The molecule has 3 aliphatic rings. The molecule has 2 unspecified atom stereocenters. The van der Waals surface area contributed by atoms with Crippen LogP contribution in [-0.4, -0.2) is 71.6 Å². The molecular weight excluding hydrogens is 500 g/mol. The largest absolute Gasteiger partial charge is 0.477 e. The van der Waals surface area contributed by atoms with Gasteiger partial charge in [-0.15, -0.1) is 0 Å². The van der Waals surface area contributed by atoms with Gasteiger partial charge in [-0.25, -0.2) is 22.9 Å². The van der Waals surface area contributed by atoms with Crippen LogP contribution in [0.25, 0.3) is 0 Å². The average Bonchev–Trinajstić information content (AvgIpc) is 3.62. The predicted octanol–water partition coefficient (Wildman–Crippen LogP) is 2.30. The van der Waals surface area contributed by atoms with Gasteiger partial charge in [0.15, 0.2) is 21.4 Å². The lowest BCUT2D eigenvalue weighted by molar-refractivity contribution is -0.143. The van der Waals surface area contributed by atoms with E-state index in [-0.39, 0.29) is 21.2 Å². The summed E-state index contributed by atoms with van der Waals surface area (Å²) in [5.74, 6) is -2.09. The Labute approximate surface area is 206 Å². The second-order valence-corrected chi connectivity index (χ2v) is 12.0. The number of amides is 2. The van der Waals surface area contributed by atoms with Crippen molar-refractivity contribution < 1.29 is 42.5 Å². The minimum absolute atomic E-state index is 0.170. The van der Waals surface area contributed by atoms with E-state index in [1.165, 1.54) is 31.2 Å². The maximum absolute atomic E-state index is 13.3. The molecule has 1 aromatic rings. The number of rotatable bonds is 8. The minimum atomic E-state index is -3.41. The van der Waals surface area contributed by atoms with Crippen molar-refractivity contribution in [3.05, 3.63) is 40.4 Å². The monoisotopic (exact) mass is 526 g/mol. The molecule has 0 bridgehead atoms. The molecule has 1 saturated heterocycles. The molecule has 35 heavy (non-hydrogen) atoms. The Kier molecular flexibility index (Phi) is 7.40. The lowest BCUT2D eigenvalue weighted by atomic mass is 10.1. The first-order valence-electron chi connectivity index (χ1n) is 11.1. The fraction of sp³-hybridized carbons (Fsp3) is 0.500. The number of hydrogen-bond acceptors (Lipinski definition) is 8. The van der Waals surface area contributed by atoms with E-state index >= 15 is 0 Å². The van der Waals surface area contributed by atoms with Crippen molar-refractivity contribution in [3.8, 4) is 0 Å². The van der Waals surface area contributed by atoms with Gasteiger partial charge in [0, 0.05) is 18.1 Å². The number of carboxylic acid groups (broad SMARTS) is 2. The lowest BCUT2D eigenvalue weighted by Crippen LogP contribution is -2.48. The number of thioether (sulfide) groups is 1. The number of allylic oxidation sites excluding steroid dienone is 1. The zero-order valence-corrected chi connectivity index (χ0v) is 20.5.